The first-order chi connectivity index (χ1) is 11.1. The van der Waals surface area contributed by atoms with E-state index in [1.54, 1.807) is 6.20 Å². The summed E-state index contributed by atoms with van der Waals surface area (Å²) < 4.78 is 2.04. The lowest BCUT2D eigenvalue weighted by Crippen LogP contribution is -2.39. The molecule has 2 amide bonds. The van der Waals surface area contributed by atoms with Crippen LogP contribution in [0.2, 0.25) is 0 Å². The Morgan fingerprint density at radius 2 is 2.26 bits per heavy atom. The van der Waals surface area contributed by atoms with Crippen molar-refractivity contribution in [2.75, 3.05) is 13.1 Å². The number of rotatable bonds is 3. The van der Waals surface area contributed by atoms with Crippen LogP contribution in [-0.2, 0) is 7.05 Å². The molecular weight excluding hydrogens is 290 g/mol. The number of hydrogen-bond donors (Lipinski definition) is 1. The minimum Gasteiger partial charge on any atom is -0.338 e. The number of hydrogen-bond acceptors (Lipinski definition) is 3. The standard InChI is InChI=1S/C17H23N5O/c1-12-4-6-18-10-15(12)13(2)20-17(23)22-8-5-14(11-22)16-19-7-9-21(16)3/h4,6-7,9-10,13-14H,5,8,11H2,1-3H3,(H,20,23). The van der Waals surface area contributed by atoms with Crippen LogP contribution in [-0.4, -0.2) is 38.6 Å². The van der Waals surface area contributed by atoms with Crippen molar-refractivity contribution in [1.82, 2.24) is 24.8 Å². The van der Waals surface area contributed by atoms with Crippen LogP contribution in [0.5, 0.6) is 0 Å². The fourth-order valence-electron chi connectivity index (χ4n) is 3.21. The highest BCUT2D eigenvalue weighted by atomic mass is 16.2. The Kier molecular flexibility index (Phi) is 4.32. The molecule has 0 aromatic carbocycles. The van der Waals surface area contributed by atoms with Crippen molar-refractivity contribution in [2.24, 2.45) is 7.05 Å². The molecule has 2 aromatic rings. The van der Waals surface area contributed by atoms with Crippen molar-refractivity contribution in [3.63, 3.8) is 0 Å². The first kappa shape index (κ1) is 15.5. The van der Waals surface area contributed by atoms with Gasteiger partial charge in [0.25, 0.3) is 0 Å². The lowest BCUT2D eigenvalue weighted by molar-refractivity contribution is 0.204. The zero-order valence-electron chi connectivity index (χ0n) is 13.9. The molecule has 23 heavy (non-hydrogen) atoms. The van der Waals surface area contributed by atoms with Crippen molar-refractivity contribution < 1.29 is 4.79 Å². The Balaban J connectivity index is 1.61. The topological polar surface area (TPSA) is 63.1 Å². The van der Waals surface area contributed by atoms with Crippen LogP contribution in [0.3, 0.4) is 0 Å². The van der Waals surface area contributed by atoms with Crippen LogP contribution < -0.4 is 5.32 Å². The largest absolute Gasteiger partial charge is 0.338 e. The number of urea groups is 1. The average Bonchev–Trinajstić information content (AvgIpc) is 3.16. The predicted octanol–water partition coefficient (Wildman–Crippen LogP) is 2.38. The molecule has 2 aromatic heterocycles. The number of imidazole rings is 1. The van der Waals surface area contributed by atoms with Gasteiger partial charge in [0.1, 0.15) is 5.82 Å². The summed E-state index contributed by atoms with van der Waals surface area (Å²) in [5, 5.41) is 3.08. The second kappa shape index (κ2) is 6.40. The lowest BCUT2D eigenvalue weighted by atomic mass is 10.1. The number of aryl methyl sites for hydroxylation is 2. The number of likely N-dealkylation sites (tertiary alicyclic amines) is 1. The van der Waals surface area contributed by atoms with Crippen molar-refractivity contribution in [2.45, 2.75) is 32.2 Å². The molecule has 2 unspecified atom stereocenters. The molecule has 122 valence electrons. The average molecular weight is 313 g/mol. The second-order valence-corrected chi connectivity index (χ2v) is 6.23. The van der Waals surface area contributed by atoms with E-state index in [9.17, 15) is 4.79 Å². The maximum atomic E-state index is 12.5. The molecule has 0 radical (unpaired) electrons. The highest BCUT2D eigenvalue weighted by Crippen LogP contribution is 2.26. The van der Waals surface area contributed by atoms with Gasteiger partial charge in [-0.2, -0.15) is 0 Å². The number of carbonyl (C=O) groups is 1. The Morgan fingerprint density at radius 3 is 2.96 bits per heavy atom. The quantitative estimate of drug-likeness (QED) is 0.946. The number of nitrogens with zero attached hydrogens (tertiary/aromatic N) is 4. The van der Waals surface area contributed by atoms with E-state index in [1.165, 1.54) is 0 Å². The van der Waals surface area contributed by atoms with E-state index in [1.807, 2.05) is 55.0 Å². The molecule has 6 heteroatoms. The molecule has 2 atom stereocenters. The summed E-state index contributed by atoms with van der Waals surface area (Å²) in [5.74, 6) is 1.37. The van der Waals surface area contributed by atoms with Crippen LogP contribution in [0.1, 0.15) is 42.3 Å². The third kappa shape index (κ3) is 3.21. The van der Waals surface area contributed by atoms with Crippen molar-refractivity contribution in [3.8, 4) is 0 Å². The molecular formula is C17H23N5O. The summed E-state index contributed by atoms with van der Waals surface area (Å²) in [6, 6.07) is 1.89. The van der Waals surface area contributed by atoms with Gasteiger partial charge in [0, 0.05) is 50.8 Å². The van der Waals surface area contributed by atoms with Gasteiger partial charge in [-0.25, -0.2) is 9.78 Å². The number of aromatic nitrogens is 3. The van der Waals surface area contributed by atoms with E-state index < -0.39 is 0 Å². The van der Waals surface area contributed by atoms with E-state index >= 15 is 0 Å². The number of amides is 2. The third-order valence-electron chi connectivity index (χ3n) is 4.59. The monoisotopic (exact) mass is 313 g/mol. The predicted molar refractivity (Wildman–Crippen MR) is 88.1 cm³/mol. The Bertz CT molecular complexity index is 696. The number of carbonyl (C=O) groups excluding carboxylic acids is 1. The Morgan fingerprint density at radius 1 is 1.43 bits per heavy atom. The second-order valence-electron chi connectivity index (χ2n) is 6.23. The number of nitrogens with one attached hydrogen (secondary N) is 1. The molecule has 1 aliphatic heterocycles. The van der Waals surface area contributed by atoms with Crippen molar-refractivity contribution in [3.05, 3.63) is 47.8 Å². The number of pyridine rings is 1. The summed E-state index contributed by atoms with van der Waals surface area (Å²) >= 11 is 0. The molecule has 0 bridgehead atoms. The van der Waals surface area contributed by atoms with E-state index in [4.69, 9.17) is 0 Å². The summed E-state index contributed by atoms with van der Waals surface area (Å²) in [5.41, 5.74) is 2.20. The molecule has 1 saturated heterocycles. The van der Waals surface area contributed by atoms with Crippen LogP contribution in [0, 0.1) is 6.92 Å². The van der Waals surface area contributed by atoms with Gasteiger partial charge in [-0.15, -0.1) is 0 Å². The summed E-state index contributed by atoms with van der Waals surface area (Å²) in [4.78, 5) is 22.9. The minimum absolute atomic E-state index is 0.0162. The molecule has 6 nitrogen and oxygen atoms in total. The van der Waals surface area contributed by atoms with Gasteiger partial charge >= 0.3 is 6.03 Å². The molecule has 3 rings (SSSR count). The Hall–Kier alpha value is -2.37. The molecule has 0 saturated carbocycles. The first-order valence-electron chi connectivity index (χ1n) is 7.99. The van der Waals surface area contributed by atoms with E-state index in [0.717, 1.165) is 36.5 Å². The summed E-state index contributed by atoms with van der Waals surface area (Å²) in [7, 11) is 2.00. The van der Waals surface area contributed by atoms with Crippen LogP contribution in [0.4, 0.5) is 4.79 Å². The maximum Gasteiger partial charge on any atom is 0.317 e. The first-order valence-corrected chi connectivity index (χ1v) is 7.99. The molecule has 0 spiro atoms. The molecule has 1 N–H and O–H groups in total. The van der Waals surface area contributed by atoms with Gasteiger partial charge in [0.2, 0.25) is 0 Å². The smallest absolute Gasteiger partial charge is 0.317 e. The van der Waals surface area contributed by atoms with Crippen molar-refractivity contribution in [1.29, 1.82) is 0 Å². The molecule has 1 aliphatic rings. The Labute approximate surface area is 136 Å². The zero-order valence-corrected chi connectivity index (χ0v) is 13.9. The van der Waals surface area contributed by atoms with Gasteiger partial charge in [-0.05, 0) is 37.5 Å². The molecule has 0 aliphatic carbocycles. The fourth-order valence-corrected chi connectivity index (χ4v) is 3.21. The van der Waals surface area contributed by atoms with Crippen LogP contribution in [0.25, 0.3) is 0 Å². The van der Waals surface area contributed by atoms with E-state index in [-0.39, 0.29) is 12.1 Å². The summed E-state index contributed by atoms with van der Waals surface area (Å²) in [6.45, 7) is 5.51. The summed E-state index contributed by atoms with van der Waals surface area (Å²) in [6.07, 6.45) is 8.31. The fraction of sp³-hybridized carbons (Fsp3) is 0.471. The van der Waals surface area contributed by atoms with Gasteiger partial charge in [0.15, 0.2) is 0 Å². The van der Waals surface area contributed by atoms with Gasteiger partial charge in [0.05, 0.1) is 6.04 Å². The van der Waals surface area contributed by atoms with E-state index in [2.05, 4.69) is 15.3 Å². The van der Waals surface area contributed by atoms with Gasteiger partial charge < -0.3 is 14.8 Å². The maximum absolute atomic E-state index is 12.5. The third-order valence-corrected chi connectivity index (χ3v) is 4.59. The molecule has 1 fully saturated rings. The van der Waals surface area contributed by atoms with Gasteiger partial charge in [-0.3, -0.25) is 4.98 Å². The van der Waals surface area contributed by atoms with Crippen molar-refractivity contribution >= 4 is 6.03 Å². The lowest BCUT2D eigenvalue weighted by Gasteiger charge is -2.22. The van der Waals surface area contributed by atoms with Gasteiger partial charge in [-0.1, -0.05) is 0 Å². The SMILES string of the molecule is Cc1ccncc1C(C)NC(=O)N1CCC(c2nccn2C)C1. The van der Waals surface area contributed by atoms with Crippen LogP contribution >= 0.6 is 0 Å². The minimum atomic E-state index is -0.0524. The van der Waals surface area contributed by atoms with E-state index in [0.29, 0.717) is 5.92 Å². The highest BCUT2D eigenvalue weighted by molar-refractivity contribution is 5.75. The molecule has 3 heterocycles. The highest BCUT2D eigenvalue weighted by Gasteiger charge is 2.30. The zero-order chi connectivity index (χ0) is 16.4. The normalized spacial score (nSPS) is 18.9. The van der Waals surface area contributed by atoms with Crippen LogP contribution in [0.15, 0.2) is 30.9 Å².